The fraction of sp³-hybridized carbons (Fsp3) is 0.417. The maximum Gasteiger partial charge on any atom is 0.223 e. The Bertz CT molecular complexity index is 772. The largest absolute Gasteiger partial charge is 0.494 e. The van der Waals surface area contributed by atoms with Crippen LogP contribution in [-0.4, -0.2) is 18.5 Å². The van der Waals surface area contributed by atoms with Gasteiger partial charge in [0.2, 0.25) is 11.9 Å². The van der Waals surface area contributed by atoms with Gasteiger partial charge in [-0.15, -0.1) is 0 Å². The van der Waals surface area contributed by atoms with Crippen LogP contribution in [0.5, 0.6) is 5.75 Å². The molecule has 0 saturated heterocycles. The highest BCUT2D eigenvalue weighted by Gasteiger charge is 1.99. The highest BCUT2D eigenvalue weighted by molar-refractivity contribution is 6.01. The minimum Gasteiger partial charge on any atom is -0.494 e. The topological polar surface area (TPSA) is 98.0 Å². The van der Waals surface area contributed by atoms with Crippen molar-refractivity contribution in [2.75, 3.05) is 11.9 Å². The number of benzene rings is 2. The lowest BCUT2D eigenvalue weighted by Gasteiger charge is -2.07. The van der Waals surface area contributed by atoms with E-state index >= 15 is 0 Å². The van der Waals surface area contributed by atoms with E-state index in [1.165, 1.54) is 44.9 Å². The first kappa shape index (κ1) is 23.3. The summed E-state index contributed by atoms with van der Waals surface area (Å²) in [6.07, 6.45) is 10.3. The van der Waals surface area contributed by atoms with Crippen LogP contribution in [0, 0.1) is 0 Å². The van der Waals surface area contributed by atoms with Crippen molar-refractivity contribution in [2.24, 2.45) is 21.5 Å². The monoisotopic (exact) mass is 409 g/mol. The lowest BCUT2D eigenvalue weighted by molar-refractivity contribution is 0.304. The summed E-state index contributed by atoms with van der Waals surface area (Å²) in [6.45, 7) is 2.99. The zero-order valence-electron chi connectivity index (χ0n) is 18.0. The van der Waals surface area contributed by atoms with E-state index in [-0.39, 0.29) is 11.9 Å². The van der Waals surface area contributed by atoms with E-state index in [0.717, 1.165) is 24.5 Å². The normalized spacial score (nSPS) is 12.0. The summed E-state index contributed by atoms with van der Waals surface area (Å²) in [5.41, 5.74) is 13.3. The molecule has 0 aromatic heterocycles. The van der Waals surface area contributed by atoms with Crippen molar-refractivity contribution >= 4 is 23.3 Å². The van der Waals surface area contributed by atoms with E-state index in [1.807, 2.05) is 54.6 Å². The number of unbranched alkanes of at least 4 members (excludes halogenated alkanes) is 7. The summed E-state index contributed by atoms with van der Waals surface area (Å²) < 4.78 is 5.80. The van der Waals surface area contributed by atoms with E-state index in [9.17, 15) is 0 Å². The molecule has 0 spiro atoms. The molecule has 0 aliphatic heterocycles. The van der Waals surface area contributed by atoms with Gasteiger partial charge in [-0.3, -0.25) is 0 Å². The van der Waals surface area contributed by atoms with Gasteiger partial charge < -0.3 is 21.5 Å². The van der Waals surface area contributed by atoms with E-state index in [0.29, 0.717) is 5.69 Å². The van der Waals surface area contributed by atoms with Crippen LogP contribution in [-0.2, 0) is 0 Å². The number of para-hydroxylation sites is 1. The number of ether oxygens (including phenoxy) is 1. The predicted molar refractivity (Wildman–Crippen MR) is 128 cm³/mol. The summed E-state index contributed by atoms with van der Waals surface area (Å²) >= 11 is 0. The van der Waals surface area contributed by atoms with Crippen LogP contribution in [0.4, 0.5) is 11.4 Å². The number of hydrogen-bond acceptors (Lipinski definition) is 2. The SMILES string of the molecule is CCCCCCCCCCOc1ccc(N=C(N)/N=C(\N)Nc2ccccc2)cc1. The fourth-order valence-corrected chi connectivity index (χ4v) is 3.02. The smallest absolute Gasteiger partial charge is 0.223 e. The lowest BCUT2D eigenvalue weighted by Crippen LogP contribution is -2.25. The van der Waals surface area contributed by atoms with Crippen molar-refractivity contribution < 1.29 is 4.74 Å². The van der Waals surface area contributed by atoms with Crippen LogP contribution in [0.2, 0.25) is 0 Å². The highest BCUT2D eigenvalue weighted by Crippen LogP contribution is 2.18. The Balaban J connectivity index is 1.69. The molecule has 2 rings (SSSR count). The number of rotatable bonds is 12. The minimum absolute atomic E-state index is 0.0866. The van der Waals surface area contributed by atoms with Gasteiger partial charge in [-0.2, -0.15) is 4.99 Å². The Morgan fingerprint density at radius 3 is 2.13 bits per heavy atom. The van der Waals surface area contributed by atoms with Gasteiger partial charge in [-0.05, 0) is 42.8 Å². The predicted octanol–water partition coefficient (Wildman–Crippen LogP) is 5.58. The van der Waals surface area contributed by atoms with Gasteiger partial charge >= 0.3 is 0 Å². The number of guanidine groups is 2. The molecule has 0 bridgehead atoms. The Kier molecular flexibility index (Phi) is 10.9. The molecule has 162 valence electrons. The number of nitrogens with two attached hydrogens (primary N) is 2. The third kappa shape index (κ3) is 9.96. The second-order valence-corrected chi connectivity index (χ2v) is 7.28. The number of nitrogens with one attached hydrogen (secondary N) is 1. The quantitative estimate of drug-likeness (QED) is 0.242. The Morgan fingerprint density at radius 2 is 1.47 bits per heavy atom. The average molecular weight is 410 g/mol. The molecule has 0 amide bonds. The molecule has 30 heavy (non-hydrogen) atoms. The molecule has 2 aromatic carbocycles. The van der Waals surface area contributed by atoms with E-state index in [4.69, 9.17) is 16.2 Å². The molecule has 0 aliphatic carbocycles. The average Bonchev–Trinajstić information content (AvgIpc) is 2.74. The van der Waals surface area contributed by atoms with Crippen molar-refractivity contribution in [3.8, 4) is 5.75 Å². The van der Waals surface area contributed by atoms with Crippen LogP contribution in [0.1, 0.15) is 58.3 Å². The van der Waals surface area contributed by atoms with Crippen LogP contribution in [0.3, 0.4) is 0 Å². The van der Waals surface area contributed by atoms with Crippen LogP contribution >= 0.6 is 0 Å². The standard InChI is InChI=1S/C24H35N5O/c1-2-3-4-5-6-7-8-12-19-30-22-17-15-21(16-18-22)28-24(26)29-23(25)27-20-13-10-9-11-14-20/h9-11,13-18H,2-8,12,19H2,1H3,(H5,25,26,27,28,29). The summed E-state index contributed by atoms with van der Waals surface area (Å²) in [4.78, 5) is 8.34. The molecular weight excluding hydrogens is 374 g/mol. The van der Waals surface area contributed by atoms with Crippen molar-refractivity contribution in [1.82, 2.24) is 0 Å². The number of hydrogen-bond donors (Lipinski definition) is 3. The van der Waals surface area contributed by atoms with E-state index in [2.05, 4.69) is 22.2 Å². The Labute approximate surface area is 180 Å². The first-order valence-corrected chi connectivity index (χ1v) is 10.9. The molecule has 0 saturated carbocycles. The van der Waals surface area contributed by atoms with Gasteiger partial charge in [0, 0.05) is 5.69 Å². The molecular formula is C24H35N5O. The molecule has 0 aliphatic rings. The zero-order valence-corrected chi connectivity index (χ0v) is 18.0. The lowest BCUT2D eigenvalue weighted by atomic mass is 10.1. The van der Waals surface area contributed by atoms with Gasteiger partial charge in [-0.1, -0.05) is 70.1 Å². The van der Waals surface area contributed by atoms with E-state index in [1.54, 1.807) is 0 Å². The number of anilines is 1. The third-order valence-corrected chi connectivity index (χ3v) is 4.63. The van der Waals surface area contributed by atoms with Gasteiger partial charge in [0.05, 0.1) is 12.3 Å². The Morgan fingerprint density at radius 1 is 0.833 bits per heavy atom. The Hall–Kier alpha value is -3.02. The molecule has 0 unspecified atom stereocenters. The molecule has 0 fully saturated rings. The number of nitrogens with zero attached hydrogens (tertiary/aromatic N) is 2. The molecule has 0 atom stereocenters. The summed E-state index contributed by atoms with van der Waals surface area (Å²) in [6, 6.07) is 17.0. The van der Waals surface area contributed by atoms with Crippen molar-refractivity contribution in [3.05, 3.63) is 54.6 Å². The molecule has 0 radical (unpaired) electrons. The molecule has 0 heterocycles. The maximum atomic E-state index is 5.87. The third-order valence-electron chi connectivity index (χ3n) is 4.63. The highest BCUT2D eigenvalue weighted by atomic mass is 16.5. The van der Waals surface area contributed by atoms with Crippen molar-refractivity contribution in [1.29, 1.82) is 0 Å². The fourth-order valence-electron chi connectivity index (χ4n) is 3.02. The van der Waals surface area contributed by atoms with Crippen molar-refractivity contribution in [3.63, 3.8) is 0 Å². The van der Waals surface area contributed by atoms with Crippen LogP contribution in [0.15, 0.2) is 64.6 Å². The first-order chi connectivity index (χ1) is 14.7. The first-order valence-electron chi connectivity index (χ1n) is 10.9. The molecule has 5 N–H and O–H groups in total. The van der Waals surface area contributed by atoms with Gasteiger partial charge in [0.25, 0.3) is 0 Å². The van der Waals surface area contributed by atoms with Crippen LogP contribution < -0.4 is 21.5 Å². The molecule has 6 heteroatoms. The van der Waals surface area contributed by atoms with Gasteiger partial charge in [0.15, 0.2) is 0 Å². The summed E-state index contributed by atoms with van der Waals surface area (Å²) in [5, 5.41) is 2.96. The van der Waals surface area contributed by atoms with Gasteiger partial charge in [0.1, 0.15) is 5.75 Å². The second kappa shape index (κ2) is 14.0. The minimum atomic E-state index is 0.0866. The summed E-state index contributed by atoms with van der Waals surface area (Å²) in [5.74, 6) is 1.11. The van der Waals surface area contributed by atoms with E-state index < -0.39 is 0 Å². The number of aliphatic imine (C=N–C) groups is 2. The summed E-state index contributed by atoms with van der Waals surface area (Å²) in [7, 11) is 0. The van der Waals surface area contributed by atoms with Gasteiger partial charge in [-0.25, -0.2) is 4.99 Å². The van der Waals surface area contributed by atoms with Crippen LogP contribution in [0.25, 0.3) is 0 Å². The molecule has 6 nitrogen and oxygen atoms in total. The second-order valence-electron chi connectivity index (χ2n) is 7.28. The molecule has 2 aromatic rings. The maximum absolute atomic E-state index is 5.87. The zero-order chi connectivity index (χ0) is 21.4. The van der Waals surface area contributed by atoms with Crippen molar-refractivity contribution in [2.45, 2.75) is 58.3 Å².